The SMILES string of the molecule is C[C@H]1CN(C(=O)[C@H](C)NC(=O)[C@@H]2CCCCN2C(=O)[C@@H]2CCCCN2C(=O)[C@H](CO)NC(=O)[C@H](Cc2cc(F)cc(F)c2)NC(=O)Nc2ccc3nc[nH]c3c2)C2(CC2=O)C1. The fourth-order valence-corrected chi connectivity index (χ4v) is 9.08. The molecule has 17 nitrogen and oxygen atoms in total. The minimum atomic E-state index is -1.58. The number of aromatic amines is 1. The molecule has 7 amide bonds. The number of fused-ring (bicyclic) bond motifs is 1. The van der Waals surface area contributed by atoms with Gasteiger partial charge in [-0.3, -0.25) is 28.8 Å². The maximum Gasteiger partial charge on any atom is 0.319 e. The summed E-state index contributed by atoms with van der Waals surface area (Å²) in [6.07, 6.45) is 4.91. The minimum absolute atomic E-state index is 0.0162. The van der Waals surface area contributed by atoms with Gasteiger partial charge in [0, 0.05) is 44.2 Å². The van der Waals surface area contributed by atoms with Crippen molar-refractivity contribution in [1.29, 1.82) is 0 Å². The zero-order chi connectivity index (χ0) is 43.6. The van der Waals surface area contributed by atoms with Gasteiger partial charge in [-0.25, -0.2) is 18.6 Å². The second-order valence-electron chi connectivity index (χ2n) is 16.7. The van der Waals surface area contributed by atoms with Crippen molar-refractivity contribution in [1.82, 2.24) is 40.6 Å². The van der Waals surface area contributed by atoms with Gasteiger partial charge in [0.1, 0.15) is 47.4 Å². The first kappa shape index (κ1) is 43.1. The highest BCUT2D eigenvalue weighted by Gasteiger charge is 2.63. The number of carbonyl (C=O) groups excluding carboxylic acids is 7. The Morgan fingerprint density at radius 1 is 0.902 bits per heavy atom. The highest BCUT2D eigenvalue weighted by Crippen LogP contribution is 2.48. The van der Waals surface area contributed by atoms with Crippen LogP contribution in [0.4, 0.5) is 19.3 Å². The molecule has 1 unspecified atom stereocenters. The zero-order valence-corrected chi connectivity index (χ0v) is 34.0. The molecule has 4 fully saturated rings. The van der Waals surface area contributed by atoms with E-state index in [1.807, 2.05) is 6.92 Å². The van der Waals surface area contributed by atoms with Crippen LogP contribution in [0, 0.1) is 17.6 Å². The number of Topliss-reactive ketones (excluding diaryl/α,β-unsaturated/α-hetero) is 1. The van der Waals surface area contributed by atoms with Crippen molar-refractivity contribution < 1.29 is 47.4 Å². The maximum atomic E-state index is 14.4. The monoisotopic (exact) mass is 847 g/mol. The number of piperidine rings is 2. The molecule has 3 saturated heterocycles. The Kier molecular flexibility index (Phi) is 12.7. The number of ketones is 1. The van der Waals surface area contributed by atoms with Crippen molar-refractivity contribution in [2.24, 2.45) is 5.92 Å². The number of halogens is 2. The van der Waals surface area contributed by atoms with E-state index in [1.54, 1.807) is 30.0 Å². The zero-order valence-electron chi connectivity index (χ0n) is 34.0. The van der Waals surface area contributed by atoms with Crippen LogP contribution < -0.4 is 21.3 Å². The molecular weight excluding hydrogens is 797 g/mol. The first-order valence-electron chi connectivity index (χ1n) is 20.8. The van der Waals surface area contributed by atoms with Crippen molar-refractivity contribution in [3.05, 3.63) is 59.9 Å². The highest BCUT2D eigenvalue weighted by atomic mass is 19.1. The molecule has 1 spiro atoms. The number of hydrogen-bond acceptors (Lipinski definition) is 9. The number of nitrogens with zero attached hydrogens (tertiary/aromatic N) is 4. The van der Waals surface area contributed by atoms with Crippen molar-refractivity contribution >= 4 is 58.1 Å². The predicted molar refractivity (Wildman–Crippen MR) is 215 cm³/mol. The second-order valence-corrected chi connectivity index (χ2v) is 16.7. The molecule has 7 atom stereocenters. The van der Waals surface area contributed by atoms with E-state index in [2.05, 4.69) is 31.2 Å². The van der Waals surface area contributed by atoms with E-state index in [0.717, 1.165) is 12.1 Å². The summed E-state index contributed by atoms with van der Waals surface area (Å²) in [4.78, 5) is 107. The fourth-order valence-electron chi connectivity index (χ4n) is 9.08. The molecule has 0 radical (unpaired) electrons. The van der Waals surface area contributed by atoms with Crippen molar-refractivity contribution in [3.8, 4) is 0 Å². The molecule has 1 aromatic heterocycles. The molecule has 0 bridgehead atoms. The number of aromatic nitrogens is 2. The first-order valence-corrected chi connectivity index (χ1v) is 20.8. The van der Waals surface area contributed by atoms with E-state index in [-0.39, 0.29) is 42.7 Å². The normalized spacial score (nSPS) is 23.9. The van der Waals surface area contributed by atoms with Crippen molar-refractivity contribution in [2.75, 3.05) is 31.6 Å². The lowest BCUT2D eigenvalue weighted by molar-refractivity contribution is -0.154. The third-order valence-corrected chi connectivity index (χ3v) is 12.2. The Balaban J connectivity index is 1.03. The number of aliphatic hydroxyl groups is 1. The highest BCUT2D eigenvalue weighted by molar-refractivity contribution is 6.09. The van der Waals surface area contributed by atoms with E-state index in [1.165, 1.54) is 16.1 Å². The molecule has 4 aliphatic rings. The van der Waals surface area contributed by atoms with Crippen LogP contribution >= 0.6 is 0 Å². The molecule has 19 heteroatoms. The molecule has 3 aliphatic heterocycles. The van der Waals surface area contributed by atoms with Gasteiger partial charge in [0.25, 0.3) is 0 Å². The van der Waals surface area contributed by atoms with Gasteiger partial charge in [0.05, 0.1) is 24.0 Å². The van der Waals surface area contributed by atoms with Crippen LogP contribution in [0.2, 0.25) is 0 Å². The average Bonchev–Trinajstić information content (AvgIpc) is 3.49. The van der Waals surface area contributed by atoms with Gasteiger partial charge in [-0.05, 0) is 93.7 Å². The Morgan fingerprint density at radius 3 is 2.28 bits per heavy atom. The van der Waals surface area contributed by atoms with E-state index in [4.69, 9.17) is 0 Å². The third kappa shape index (κ3) is 9.35. The van der Waals surface area contributed by atoms with E-state index < -0.39 is 90.1 Å². The summed E-state index contributed by atoms with van der Waals surface area (Å²) in [7, 11) is 0. The Morgan fingerprint density at radius 2 is 1.59 bits per heavy atom. The number of urea groups is 1. The number of aliphatic hydroxyl groups excluding tert-OH is 1. The van der Waals surface area contributed by atoms with Crippen LogP contribution in [-0.4, -0.2) is 133 Å². The second kappa shape index (κ2) is 17.9. The summed E-state index contributed by atoms with van der Waals surface area (Å²) in [6.45, 7) is 3.41. The number of likely N-dealkylation sites (tertiary alicyclic amines) is 3. The smallest absolute Gasteiger partial charge is 0.319 e. The Labute approximate surface area is 350 Å². The summed E-state index contributed by atoms with van der Waals surface area (Å²) in [5.41, 5.74) is 0.852. The van der Waals surface area contributed by atoms with Gasteiger partial charge in [-0.2, -0.15) is 0 Å². The Bertz CT molecular complexity index is 2200. The van der Waals surface area contributed by atoms with Crippen molar-refractivity contribution in [3.63, 3.8) is 0 Å². The van der Waals surface area contributed by atoms with Gasteiger partial charge in [0.15, 0.2) is 5.78 Å². The number of anilines is 1. The Hall–Kier alpha value is -5.98. The number of imidazole rings is 1. The lowest BCUT2D eigenvalue weighted by atomic mass is 9.95. The summed E-state index contributed by atoms with van der Waals surface area (Å²) >= 11 is 0. The van der Waals surface area contributed by atoms with Gasteiger partial charge in [0.2, 0.25) is 29.5 Å². The van der Waals surface area contributed by atoms with Gasteiger partial charge in [-0.15, -0.1) is 0 Å². The number of amides is 7. The molecular formula is C42H51F2N9O8. The third-order valence-electron chi connectivity index (χ3n) is 12.2. The molecule has 1 aliphatic carbocycles. The van der Waals surface area contributed by atoms with Gasteiger partial charge < -0.3 is 46.1 Å². The molecule has 3 aromatic rings. The minimum Gasteiger partial charge on any atom is -0.394 e. The topological polar surface area (TPSA) is 226 Å². The van der Waals surface area contributed by atoms with Gasteiger partial charge in [-0.1, -0.05) is 6.92 Å². The van der Waals surface area contributed by atoms with E-state index in [9.17, 15) is 47.4 Å². The average molecular weight is 848 g/mol. The van der Waals surface area contributed by atoms with Crippen molar-refractivity contribution in [2.45, 2.75) is 107 Å². The summed E-state index contributed by atoms with van der Waals surface area (Å²) in [6, 6.07) is 0.672. The largest absolute Gasteiger partial charge is 0.394 e. The lowest BCUT2D eigenvalue weighted by Crippen LogP contribution is -2.63. The number of nitrogens with one attached hydrogen (secondary N) is 5. The van der Waals surface area contributed by atoms with Crippen LogP contribution in [0.25, 0.3) is 11.0 Å². The van der Waals surface area contributed by atoms with Crippen LogP contribution in [-0.2, 0) is 35.2 Å². The summed E-state index contributed by atoms with van der Waals surface area (Å²) in [5.74, 6) is -4.74. The van der Waals surface area contributed by atoms with Crippen LogP contribution in [0.15, 0.2) is 42.7 Å². The number of H-pyrrole nitrogens is 1. The standard InChI is InChI=1S/C42H51F2N9O8/c1-23-18-42(19-35(42)55)53(20-23)38(58)24(2)47-37(57)33-7-3-5-11-51(33)40(60)34-8-4-6-12-52(34)39(59)32(21-54)49-36(56)31(15-25-13-26(43)16-27(44)14-25)50-41(61)48-28-9-10-29-30(17-28)46-22-45-29/h9-10,13-14,16-17,22-24,31-34,54H,3-8,11-12,15,18-21H2,1-2H3,(H,45,46)(H,47,57)(H,49,56)(H2,48,50,61)/t23-,24+,31+,32+,33+,34+,42?/m1/s1. The lowest BCUT2D eigenvalue weighted by Gasteiger charge is -2.42. The first-order chi connectivity index (χ1) is 29.2. The molecule has 4 heterocycles. The van der Waals surface area contributed by atoms with Crippen LogP contribution in [0.1, 0.15) is 70.8 Å². The molecule has 1 saturated carbocycles. The van der Waals surface area contributed by atoms with E-state index >= 15 is 0 Å². The molecule has 6 N–H and O–H groups in total. The number of rotatable bonds is 12. The molecule has 61 heavy (non-hydrogen) atoms. The predicted octanol–water partition coefficient (Wildman–Crippen LogP) is 1.90. The van der Waals surface area contributed by atoms with Crippen LogP contribution in [0.3, 0.4) is 0 Å². The number of benzene rings is 2. The molecule has 2 aromatic carbocycles. The molecule has 326 valence electrons. The fraction of sp³-hybridized carbons (Fsp3) is 0.524. The van der Waals surface area contributed by atoms with E-state index in [0.29, 0.717) is 74.3 Å². The maximum absolute atomic E-state index is 14.4. The number of hydrogen-bond donors (Lipinski definition) is 6. The quantitative estimate of drug-likeness (QED) is 0.156. The van der Waals surface area contributed by atoms with Gasteiger partial charge >= 0.3 is 6.03 Å². The van der Waals surface area contributed by atoms with Crippen LogP contribution in [0.5, 0.6) is 0 Å². The number of carbonyl (C=O) groups is 7. The summed E-state index contributed by atoms with van der Waals surface area (Å²) in [5, 5.41) is 20.8. The summed E-state index contributed by atoms with van der Waals surface area (Å²) < 4.78 is 28.4. The molecule has 7 rings (SSSR count).